The number of carbonyl (C=O) groups is 1. The van der Waals surface area contributed by atoms with E-state index in [-0.39, 0.29) is 11.9 Å². The van der Waals surface area contributed by atoms with Crippen LogP contribution in [0, 0.1) is 0 Å². The molecule has 1 atom stereocenters. The maximum atomic E-state index is 13.0. The van der Waals surface area contributed by atoms with Gasteiger partial charge in [0.1, 0.15) is 4.32 Å². The van der Waals surface area contributed by atoms with Gasteiger partial charge in [0.25, 0.3) is 5.91 Å². The highest BCUT2D eigenvalue weighted by atomic mass is 32.2. The average molecular weight is 416 g/mol. The van der Waals surface area contributed by atoms with Gasteiger partial charge in [0.2, 0.25) is 5.75 Å². The smallest absolute Gasteiger partial charge is 0.266 e. The second-order valence-corrected chi connectivity index (χ2v) is 7.77. The molecular weight excluding hydrogens is 394 g/mol. The molecule has 5 nitrogen and oxygen atoms in total. The number of methoxy groups -OCH3 is 3. The number of ether oxygens (including phenoxy) is 3. The monoisotopic (exact) mass is 415 g/mol. The maximum absolute atomic E-state index is 13.0. The molecule has 0 N–H and O–H groups in total. The standard InChI is InChI=1S/C21H21NO4S2/c1-13(15-8-6-5-7-9-15)22-20(23)18(28-21(22)27)12-14-10-16(24-2)19(26-4)17(11-14)25-3/h5-13H,1-4H3/b18-12+. The summed E-state index contributed by atoms with van der Waals surface area (Å²) in [5, 5.41) is 0. The third-order valence-corrected chi connectivity index (χ3v) is 5.81. The summed E-state index contributed by atoms with van der Waals surface area (Å²) < 4.78 is 16.7. The van der Waals surface area contributed by atoms with Crippen molar-refractivity contribution in [3.05, 3.63) is 58.5 Å². The molecule has 2 aromatic carbocycles. The number of hydrogen-bond acceptors (Lipinski definition) is 6. The van der Waals surface area contributed by atoms with Crippen molar-refractivity contribution in [1.29, 1.82) is 0 Å². The number of hydrogen-bond donors (Lipinski definition) is 0. The van der Waals surface area contributed by atoms with E-state index in [0.717, 1.165) is 11.1 Å². The third-order valence-electron chi connectivity index (χ3n) is 4.48. The molecule has 7 heteroatoms. The molecule has 0 bridgehead atoms. The average Bonchev–Trinajstić information content (AvgIpc) is 3.00. The van der Waals surface area contributed by atoms with Gasteiger partial charge in [-0.1, -0.05) is 54.3 Å². The van der Waals surface area contributed by atoms with Gasteiger partial charge in [0, 0.05) is 0 Å². The fourth-order valence-electron chi connectivity index (χ4n) is 3.03. The van der Waals surface area contributed by atoms with E-state index in [1.54, 1.807) is 44.4 Å². The normalized spacial score (nSPS) is 16.4. The Morgan fingerprint density at radius 1 is 1.04 bits per heavy atom. The van der Waals surface area contributed by atoms with Gasteiger partial charge in [-0.15, -0.1) is 0 Å². The fourth-order valence-corrected chi connectivity index (χ4v) is 4.45. The quantitative estimate of drug-likeness (QED) is 0.505. The Hall–Kier alpha value is -2.51. The molecule has 0 radical (unpaired) electrons. The number of nitrogens with zero attached hydrogens (tertiary/aromatic N) is 1. The molecule has 1 saturated heterocycles. The lowest BCUT2D eigenvalue weighted by Gasteiger charge is -2.23. The van der Waals surface area contributed by atoms with E-state index in [1.807, 2.05) is 37.3 Å². The van der Waals surface area contributed by atoms with E-state index in [0.29, 0.717) is 26.5 Å². The van der Waals surface area contributed by atoms with Crippen molar-refractivity contribution in [2.75, 3.05) is 21.3 Å². The lowest BCUT2D eigenvalue weighted by Crippen LogP contribution is -2.30. The zero-order valence-electron chi connectivity index (χ0n) is 16.1. The van der Waals surface area contributed by atoms with Crippen LogP contribution >= 0.6 is 24.0 Å². The van der Waals surface area contributed by atoms with Gasteiger partial charge in [0.05, 0.1) is 32.3 Å². The molecule has 1 fully saturated rings. The van der Waals surface area contributed by atoms with E-state index < -0.39 is 0 Å². The van der Waals surface area contributed by atoms with Crippen molar-refractivity contribution in [1.82, 2.24) is 4.90 Å². The van der Waals surface area contributed by atoms with Crippen molar-refractivity contribution >= 4 is 40.3 Å². The van der Waals surface area contributed by atoms with Crippen molar-refractivity contribution in [3.63, 3.8) is 0 Å². The highest BCUT2D eigenvalue weighted by Gasteiger charge is 2.36. The predicted octanol–water partition coefficient (Wildman–Crippen LogP) is 4.67. The Morgan fingerprint density at radius 2 is 1.64 bits per heavy atom. The van der Waals surface area contributed by atoms with Gasteiger partial charge < -0.3 is 14.2 Å². The summed E-state index contributed by atoms with van der Waals surface area (Å²) in [4.78, 5) is 15.2. The van der Waals surface area contributed by atoms with Crippen molar-refractivity contribution in [2.45, 2.75) is 13.0 Å². The highest BCUT2D eigenvalue weighted by Crippen LogP contribution is 2.41. The second-order valence-electron chi connectivity index (χ2n) is 6.10. The van der Waals surface area contributed by atoms with Gasteiger partial charge in [0.15, 0.2) is 11.5 Å². The molecule has 146 valence electrons. The first-order chi connectivity index (χ1) is 13.5. The first-order valence-electron chi connectivity index (χ1n) is 8.62. The molecule has 1 unspecified atom stereocenters. The summed E-state index contributed by atoms with van der Waals surface area (Å²) >= 11 is 6.77. The number of thioether (sulfide) groups is 1. The summed E-state index contributed by atoms with van der Waals surface area (Å²) in [5.41, 5.74) is 1.80. The van der Waals surface area contributed by atoms with Crippen LogP contribution in [0.4, 0.5) is 0 Å². The number of carbonyl (C=O) groups excluding carboxylic acids is 1. The van der Waals surface area contributed by atoms with Gasteiger partial charge in [-0.2, -0.15) is 0 Å². The zero-order valence-corrected chi connectivity index (χ0v) is 17.7. The summed E-state index contributed by atoms with van der Waals surface area (Å²) in [7, 11) is 4.67. The summed E-state index contributed by atoms with van der Waals surface area (Å²) in [6, 6.07) is 13.3. The zero-order chi connectivity index (χ0) is 20.3. The Morgan fingerprint density at radius 3 is 2.18 bits per heavy atom. The molecule has 0 saturated carbocycles. The van der Waals surface area contributed by atoms with E-state index in [1.165, 1.54) is 11.8 Å². The van der Waals surface area contributed by atoms with Crippen molar-refractivity contribution in [3.8, 4) is 17.2 Å². The van der Waals surface area contributed by atoms with Crippen LogP contribution in [0.1, 0.15) is 24.1 Å². The minimum Gasteiger partial charge on any atom is -0.493 e. The lowest BCUT2D eigenvalue weighted by atomic mass is 10.1. The number of rotatable bonds is 6. The van der Waals surface area contributed by atoms with Gasteiger partial charge in [-0.3, -0.25) is 9.69 Å². The molecule has 28 heavy (non-hydrogen) atoms. The fraction of sp³-hybridized carbons (Fsp3) is 0.238. The van der Waals surface area contributed by atoms with Crippen molar-refractivity contribution in [2.24, 2.45) is 0 Å². The highest BCUT2D eigenvalue weighted by molar-refractivity contribution is 8.26. The van der Waals surface area contributed by atoms with Crippen LogP contribution in [0.2, 0.25) is 0 Å². The maximum Gasteiger partial charge on any atom is 0.266 e. The minimum atomic E-state index is -0.139. The molecule has 1 amide bonds. The summed E-state index contributed by atoms with van der Waals surface area (Å²) in [6.45, 7) is 1.97. The van der Waals surface area contributed by atoms with E-state index in [4.69, 9.17) is 26.4 Å². The summed E-state index contributed by atoms with van der Waals surface area (Å²) in [6.07, 6.45) is 1.79. The molecule has 3 rings (SSSR count). The molecule has 0 aliphatic carbocycles. The van der Waals surface area contributed by atoms with Crippen molar-refractivity contribution < 1.29 is 19.0 Å². The van der Waals surface area contributed by atoms with Crippen LogP contribution < -0.4 is 14.2 Å². The van der Waals surface area contributed by atoms with Crippen LogP contribution in [0.15, 0.2) is 47.4 Å². The first-order valence-corrected chi connectivity index (χ1v) is 9.84. The molecule has 0 aromatic heterocycles. The van der Waals surface area contributed by atoms with E-state index in [2.05, 4.69) is 0 Å². The van der Waals surface area contributed by atoms with Crippen LogP contribution in [0.5, 0.6) is 17.2 Å². The van der Waals surface area contributed by atoms with Gasteiger partial charge in [-0.25, -0.2) is 0 Å². The van der Waals surface area contributed by atoms with Crippen LogP contribution in [-0.2, 0) is 4.79 Å². The Labute approximate surface area is 174 Å². The van der Waals surface area contributed by atoms with Crippen LogP contribution in [0.25, 0.3) is 6.08 Å². The van der Waals surface area contributed by atoms with Crippen LogP contribution in [-0.4, -0.2) is 36.5 Å². The lowest BCUT2D eigenvalue weighted by molar-refractivity contribution is -0.123. The minimum absolute atomic E-state index is 0.111. The second kappa shape index (κ2) is 8.67. The largest absolute Gasteiger partial charge is 0.493 e. The Balaban J connectivity index is 1.94. The summed E-state index contributed by atoms with van der Waals surface area (Å²) in [5.74, 6) is 1.45. The molecule has 1 aliphatic heterocycles. The van der Waals surface area contributed by atoms with E-state index in [9.17, 15) is 4.79 Å². The SMILES string of the molecule is COc1cc(/C=C2/SC(=S)N(C(C)c3ccccc3)C2=O)cc(OC)c1OC. The van der Waals surface area contributed by atoms with Gasteiger partial charge in [-0.05, 0) is 36.3 Å². The van der Waals surface area contributed by atoms with Gasteiger partial charge >= 0.3 is 0 Å². The topological polar surface area (TPSA) is 48.0 Å². The molecule has 0 spiro atoms. The molecular formula is C21H21NO4S2. The Bertz CT molecular complexity index is 902. The predicted molar refractivity (Wildman–Crippen MR) is 116 cm³/mol. The number of benzene rings is 2. The third kappa shape index (κ3) is 3.86. The number of thiocarbonyl (C=S) groups is 1. The number of amides is 1. The Kier molecular flexibility index (Phi) is 6.26. The molecule has 1 heterocycles. The first kappa shape index (κ1) is 20.2. The van der Waals surface area contributed by atoms with Crippen LogP contribution in [0.3, 0.4) is 0 Å². The van der Waals surface area contributed by atoms with E-state index >= 15 is 0 Å². The molecule has 1 aliphatic rings. The molecule has 2 aromatic rings.